The number of likely N-dealkylation sites (tertiary alicyclic amines) is 1. The standard InChI is InChI=1S/C20H22N2O2/c21-19(24)20(16-7-3-1-4-8-16,17-9-5-2-6-10-17)18-11-12-22(15-18)13-14-23/h1-10,14,18H,11-13,15H2,(H2,21,24). The Hall–Kier alpha value is -2.46. The predicted molar refractivity (Wildman–Crippen MR) is 93.5 cm³/mol. The molecule has 1 atom stereocenters. The molecule has 24 heavy (non-hydrogen) atoms. The zero-order chi connectivity index (χ0) is 17.0. The van der Waals surface area contributed by atoms with Crippen molar-refractivity contribution < 1.29 is 9.59 Å². The summed E-state index contributed by atoms with van der Waals surface area (Å²) in [5.74, 6) is -0.294. The van der Waals surface area contributed by atoms with Gasteiger partial charge in [0.05, 0.1) is 6.54 Å². The first-order chi connectivity index (χ1) is 11.7. The number of carbonyl (C=O) groups excluding carboxylic acids is 2. The lowest BCUT2D eigenvalue weighted by molar-refractivity contribution is -0.123. The number of rotatable bonds is 6. The maximum Gasteiger partial charge on any atom is 0.232 e. The summed E-state index contributed by atoms with van der Waals surface area (Å²) < 4.78 is 0. The van der Waals surface area contributed by atoms with E-state index in [1.807, 2.05) is 60.7 Å². The van der Waals surface area contributed by atoms with Crippen molar-refractivity contribution in [3.63, 3.8) is 0 Å². The monoisotopic (exact) mass is 322 g/mol. The Kier molecular flexibility index (Phi) is 4.76. The largest absolute Gasteiger partial charge is 0.369 e. The molecule has 4 nitrogen and oxygen atoms in total. The van der Waals surface area contributed by atoms with Crippen LogP contribution in [-0.2, 0) is 15.0 Å². The van der Waals surface area contributed by atoms with E-state index in [-0.39, 0.29) is 11.8 Å². The molecule has 0 radical (unpaired) electrons. The van der Waals surface area contributed by atoms with E-state index in [4.69, 9.17) is 5.73 Å². The van der Waals surface area contributed by atoms with Crippen molar-refractivity contribution in [2.45, 2.75) is 11.8 Å². The molecule has 1 unspecified atom stereocenters. The zero-order valence-electron chi connectivity index (χ0n) is 13.6. The van der Waals surface area contributed by atoms with Crippen LogP contribution in [-0.4, -0.2) is 36.7 Å². The van der Waals surface area contributed by atoms with Crippen molar-refractivity contribution in [3.05, 3.63) is 71.8 Å². The van der Waals surface area contributed by atoms with Crippen LogP contribution >= 0.6 is 0 Å². The van der Waals surface area contributed by atoms with Crippen LogP contribution in [0.3, 0.4) is 0 Å². The smallest absolute Gasteiger partial charge is 0.232 e. The first-order valence-electron chi connectivity index (χ1n) is 8.26. The van der Waals surface area contributed by atoms with Gasteiger partial charge in [0, 0.05) is 6.54 Å². The van der Waals surface area contributed by atoms with E-state index in [9.17, 15) is 9.59 Å². The Morgan fingerprint density at radius 2 is 1.62 bits per heavy atom. The van der Waals surface area contributed by atoms with Gasteiger partial charge < -0.3 is 10.5 Å². The molecule has 1 saturated heterocycles. The van der Waals surface area contributed by atoms with Gasteiger partial charge >= 0.3 is 0 Å². The number of amides is 1. The van der Waals surface area contributed by atoms with Crippen molar-refractivity contribution in [3.8, 4) is 0 Å². The van der Waals surface area contributed by atoms with Gasteiger partial charge in [-0.3, -0.25) is 9.69 Å². The number of aldehydes is 1. The zero-order valence-corrected chi connectivity index (χ0v) is 13.6. The average Bonchev–Trinajstić information content (AvgIpc) is 3.06. The van der Waals surface area contributed by atoms with Gasteiger partial charge in [-0.2, -0.15) is 0 Å². The molecular formula is C20H22N2O2. The van der Waals surface area contributed by atoms with E-state index in [1.165, 1.54) is 0 Å². The van der Waals surface area contributed by atoms with Crippen LogP contribution < -0.4 is 5.73 Å². The molecule has 124 valence electrons. The van der Waals surface area contributed by atoms with Gasteiger partial charge in [0.25, 0.3) is 0 Å². The fraction of sp³-hybridized carbons (Fsp3) is 0.300. The van der Waals surface area contributed by atoms with Gasteiger partial charge in [0.2, 0.25) is 5.91 Å². The SMILES string of the molecule is NC(=O)C(c1ccccc1)(c1ccccc1)C1CCN(CC=O)C1. The lowest BCUT2D eigenvalue weighted by atomic mass is 9.64. The fourth-order valence-corrected chi connectivity index (χ4v) is 3.98. The molecule has 2 N–H and O–H groups in total. The summed E-state index contributed by atoms with van der Waals surface area (Å²) in [5, 5.41) is 0. The average molecular weight is 322 g/mol. The number of nitrogens with two attached hydrogens (primary N) is 1. The van der Waals surface area contributed by atoms with Crippen molar-refractivity contribution in [2.24, 2.45) is 11.7 Å². The molecule has 1 fully saturated rings. The second-order valence-corrected chi connectivity index (χ2v) is 6.32. The molecule has 1 heterocycles. The summed E-state index contributed by atoms with van der Waals surface area (Å²) in [6.45, 7) is 1.89. The quantitative estimate of drug-likeness (QED) is 0.827. The topological polar surface area (TPSA) is 63.4 Å². The molecular weight excluding hydrogens is 300 g/mol. The second-order valence-electron chi connectivity index (χ2n) is 6.32. The molecule has 2 aromatic carbocycles. The number of nitrogens with zero attached hydrogens (tertiary/aromatic N) is 1. The highest BCUT2D eigenvalue weighted by Gasteiger charge is 2.49. The summed E-state index contributed by atoms with van der Waals surface area (Å²) in [7, 11) is 0. The van der Waals surface area contributed by atoms with E-state index < -0.39 is 5.41 Å². The van der Waals surface area contributed by atoms with E-state index in [1.54, 1.807) is 0 Å². The van der Waals surface area contributed by atoms with Crippen molar-refractivity contribution >= 4 is 12.2 Å². The number of hydrogen-bond donors (Lipinski definition) is 1. The highest BCUT2D eigenvalue weighted by molar-refractivity contribution is 5.91. The Morgan fingerprint density at radius 3 is 2.08 bits per heavy atom. The lowest BCUT2D eigenvalue weighted by Crippen LogP contribution is -2.49. The van der Waals surface area contributed by atoms with E-state index >= 15 is 0 Å². The molecule has 0 aliphatic carbocycles. The Labute approximate surface area is 142 Å². The summed E-state index contributed by atoms with van der Waals surface area (Å²) in [5.41, 5.74) is 6.97. The number of benzene rings is 2. The van der Waals surface area contributed by atoms with Crippen molar-refractivity contribution in [2.75, 3.05) is 19.6 Å². The van der Waals surface area contributed by atoms with Crippen LogP contribution in [0.15, 0.2) is 60.7 Å². The van der Waals surface area contributed by atoms with Gasteiger partial charge in [0.15, 0.2) is 0 Å². The molecule has 1 aliphatic heterocycles. The molecule has 0 aromatic heterocycles. The van der Waals surface area contributed by atoms with Gasteiger partial charge in [0.1, 0.15) is 11.7 Å². The molecule has 1 aliphatic rings. The van der Waals surface area contributed by atoms with Crippen LogP contribution in [0.5, 0.6) is 0 Å². The third kappa shape index (κ3) is 2.74. The Balaban J connectivity index is 2.13. The van der Waals surface area contributed by atoms with Crippen LogP contribution in [0, 0.1) is 5.92 Å². The minimum absolute atomic E-state index is 0.0414. The van der Waals surface area contributed by atoms with Crippen molar-refractivity contribution in [1.29, 1.82) is 0 Å². The minimum atomic E-state index is -0.875. The highest BCUT2D eigenvalue weighted by Crippen LogP contribution is 2.43. The molecule has 0 spiro atoms. The van der Waals surface area contributed by atoms with Crippen LogP contribution in [0.2, 0.25) is 0 Å². The van der Waals surface area contributed by atoms with Gasteiger partial charge in [-0.15, -0.1) is 0 Å². The number of carbonyl (C=O) groups is 2. The third-order valence-corrected chi connectivity index (χ3v) is 5.06. The molecule has 0 bridgehead atoms. The van der Waals surface area contributed by atoms with Crippen LogP contribution in [0.25, 0.3) is 0 Å². The first-order valence-corrected chi connectivity index (χ1v) is 8.26. The molecule has 2 aromatic rings. The molecule has 4 heteroatoms. The third-order valence-electron chi connectivity index (χ3n) is 5.06. The van der Waals surface area contributed by atoms with Crippen LogP contribution in [0.4, 0.5) is 0 Å². The summed E-state index contributed by atoms with van der Waals surface area (Å²) in [6.07, 6.45) is 1.75. The minimum Gasteiger partial charge on any atom is -0.369 e. The van der Waals surface area contributed by atoms with Gasteiger partial charge in [-0.05, 0) is 30.0 Å². The highest BCUT2D eigenvalue weighted by atomic mass is 16.1. The van der Waals surface area contributed by atoms with Gasteiger partial charge in [-0.1, -0.05) is 60.7 Å². The fourth-order valence-electron chi connectivity index (χ4n) is 3.98. The summed E-state index contributed by atoms with van der Waals surface area (Å²) in [6, 6.07) is 19.5. The van der Waals surface area contributed by atoms with Crippen molar-refractivity contribution in [1.82, 2.24) is 4.90 Å². The van der Waals surface area contributed by atoms with Crippen LogP contribution in [0.1, 0.15) is 17.5 Å². The number of primary amides is 1. The van der Waals surface area contributed by atoms with E-state index in [2.05, 4.69) is 4.90 Å². The maximum absolute atomic E-state index is 12.8. The molecule has 3 rings (SSSR count). The summed E-state index contributed by atoms with van der Waals surface area (Å²) in [4.78, 5) is 25.8. The Morgan fingerprint density at radius 1 is 1.08 bits per heavy atom. The predicted octanol–water partition coefficient (Wildman–Crippen LogP) is 1.98. The second kappa shape index (κ2) is 6.97. The number of hydrogen-bond acceptors (Lipinski definition) is 3. The first kappa shape index (κ1) is 16.4. The van der Waals surface area contributed by atoms with E-state index in [0.717, 1.165) is 30.4 Å². The Bertz CT molecular complexity index is 661. The van der Waals surface area contributed by atoms with E-state index in [0.29, 0.717) is 13.1 Å². The lowest BCUT2D eigenvalue weighted by Gasteiger charge is -2.37. The molecule has 0 saturated carbocycles. The normalized spacial score (nSPS) is 18.4. The molecule has 1 amide bonds. The van der Waals surface area contributed by atoms with Gasteiger partial charge in [-0.25, -0.2) is 0 Å². The maximum atomic E-state index is 12.8. The summed E-state index contributed by atoms with van der Waals surface area (Å²) >= 11 is 0.